The molecular formula is C15H25NO2. The van der Waals surface area contributed by atoms with E-state index in [0.29, 0.717) is 12.0 Å². The lowest BCUT2D eigenvalue weighted by atomic mass is 9.68. The van der Waals surface area contributed by atoms with E-state index in [0.717, 1.165) is 24.9 Å². The summed E-state index contributed by atoms with van der Waals surface area (Å²) in [5, 5.41) is 9.28. The van der Waals surface area contributed by atoms with Gasteiger partial charge in [0.2, 0.25) is 0 Å². The molecule has 1 heterocycles. The molecule has 0 aromatic heterocycles. The minimum absolute atomic E-state index is 0.132. The number of carboxylic acids is 1. The summed E-state index contributed by atoms with van der Waals surface area (Å²) in [6, 6.07) is 0.708. The van der Waals surface area contributed by atoms with Crippen molar-refractivity contribution in [3.05, 3.63) is 0 Å². The topological polar surface area (TPSA) is 40.5 Å². The number of aliphatic carboxylic acids is 1. The molecule has 2 atom stereocenters. The zero-order valence-corrected chi connectivity index (χ0v) is 11.3. The summed E-state index contributed by atoms with van der Waals surface area (Å²) >= 11 is 0. The van der Waals surface area contributed by atoms with Crippen molar-refractivity contribution in [1.82, 2.24) is 4.90 Å². The SMILES string of the molecule is C[C@@H]1CN(C(C2CCC2)C2CCC2)C[C@H]1C(=O)O. The Kier molecular flexibility index (Phi) is 3.35. The molecule has 0 aromatic rings. The molecule has 1 aliphatic heterocycles. The molecule has 0 bridgehead atoms. The molecule has 2 aliphatic carbocycles. The van der Waals surface area contributed by atoms with Crippen molar-refractivity contribution < 1.29 is 9.90 Å². The number of rotatable bonds is 4. The van der Waals surface area contributed by atoms with E-state index in [2.05, 4.69) is 11.8 Å². The quantitative estimate of drug-likeness (QED) is 0.835. The molecule has 0 amide bonds. The Balaban J connectivity index is 1.69. The molecule has 18 heavy (non-hydrogen) atoms. The summed E-state index contributed by atoms with van der Waals surface area (Å²) in [6.45, 7) is 3.92. The first-order valence-electron chi connectivity index (χ1n) is 7.63. The molecule has 3 aliphatic rings. The van der Waals surface area contributed by atoms with Crippen LogP contribution in [0.4, 0.5) is 0 Å². The van der Waals surface area contributed by atoms with Gasteiger partial charge in [-0.3, -0.25) is 9.69 Å². The van der Waals surface area contributed by atoms with Gasteiger partial charge < -0.3 is 5.11 Å². The Morgan fingerprint density at radius 3 is 2.00 bits per heavy atom. The maximum absolute atomic E-state index is 11.3. The Labute approximate surface area is 110 Å². The minimum atomic E-state index is -0.592. The maximum Gasteiger partial charge on any atom is 0.308 e. The average molecular weight is 251 g/mol. The normalized spacial score (nSPS) is 34.6. The van der Waals surface area contributed by atoms with Crippen molar-refractivity contribution in [3.63, 3.8) is 0 Å². The van der Waals surface area contributed by atoms with Crippen molar-refractivity contribution in [2.45, 2.75) is 51.5 Å². The van der Waals surface area contributed by atoms with Crippen molar-refractivity contribution >= 4 is 5.97 Å². The van der Waals surface area contributed by atoms with Gasteiger partial charge in [-0.25, -0.2) is 0 Å². The molecular weight excluding hydrogens is 226 g/mol. The minimum Gasteiger partial charge on any atom is -0.481 e. The monoisotopic (exact) mass is 251 g/mol. The first-order chi connectivity index (χ1) is 8.66. The van der Waals surface area contributed by atoms with Crippen LogP contribution in [0.25, 0.3) is 0 Å². The molecule has 2 saturated carbocycles. The van der Waals surface area contributed by atoms with E-state index in [1.165, 1.54) is 38.5 Å². The Morgan fingerprint density at radius 1 is 1.11 bits per heavy atom. The Hall–Kier alpha value is -0.570. The summed E-state index contributed by atoms with van der Waals surface area (Å²) in [5.41, 5.74) is 0. The maximum atomic E-state index is 11.3. The summed E-state index contributed by atoms with van der Waals surface area (Å²) in [4.78, 5) is 13.8. The van der Waals surface area contributed by atoms with E-state index in [1.54, 1.807) is 0 Å². The molecule has 0 aromatic carbocycles. The van der Waals surface area contributed by atoms with Gasteiger partial charge in [0, 0.05) is 19.1 Å². The van der Waals surface area contributed by atoms with E-state index in [9.17, 15) is 9.90 Å². The lowest BCUT2D eigenvalue weighted by molar-refractivity contribution is -0.142. The molecule has 3 fully saturated rings. The third-order valence-corrected chi connectivity index (χ3v) is 5.65. The van der Waals surface area contributed by atoms with E-state index < -0.39 is 5.97 Å². The van der Waals surface area contributed by atoms with Crippen LogP contribution in [0.1, 0.15) is 45.4 Å². The highest BCUT2D eigenvalue weighted by Gasteiger charge is 2.45. The highest BCUT2D eigenvalue weighted by molar-refractivity contribution is 5.71. The highest BCUT2D eigenvalue weighted by Crippen LogP contribution is 2.44. The van der Waals surface area contributed by atoms with E-state index >= 15 is 0 Å². The third-order valence-electron chi connectivity index (χ3n) is 5.65. The van der Waals surface area contributed by atoms with Crippen molar-refractivity contribution in [2.24, 2.45) is 23.7 Å². The lowest BCUT2D eigenvalue weighted by Crippen LogP contribution is -2.49. The summed E-state index contributed by atoms with van der Waals surface area (Å²) in [6.07, 6.45) is 8.29. The zero-order valence-electron chi connectivity index (χ0n) is 11.3. The van der Waals surface area contributed by atoms with Gasteiger partial charge in [0.25, 0.3) is 0 Å². The summed E-state index contributed by atoms with van der Waals surface area (Å²) in [7, 11) is 0. The lowest BCUT2D eigenvalue weighted by Gasteiger charge is -2.47. The molecule has 102 valence electrons. The van der Waals surface area contributed by atoms with Crippen LogP contribution in [-0.4, -0.2) is 35.1 Å². The fourth-order valence-electron chi connectivity index (χ4n) is 4.11. The average Bonchev–Trinajstić information content (AvgIpc) is 2.53. The van der Waals surface area contributed by atoms with Crippen LogP contribution in [0.2, 0.25) is 0 Å². The van der Waals surface area contributed by atoms with Crippen LogP contribution in [0, 0.1) is 23.7 Å². The second kappa shape index (κ2) is 4.84. The predicted molar refractivity (Wildman–Crippen MR) is 70.3 cm³/mol. The number of hydrogen-bond donors (Lipinski definition) is 1. The predicted octanol–water partition coefficient (Wildman–Crippen LogP) is 2.61. The van der Waals surface area contributed by atoms with E-state index in [1.807, 2.05) is 0 Å². The second-order valence-corrected chi connectivity index (χ2v) is 6.75. The van der Waals surface area contributed by atoms with Crippen LogP contribution < -0.4 is 0 Å². The number of hydrogen-bond acceptors (Lipinski definition) is 2. The standard InChI is InChI=1S/C15H25NO2/c1-10-8-16(9-13(10)15(17)18)14(11-4-2-5-11)12-6-3-7-12/h10-14H,2-9H2,1H3,(H,17,18)/t10-,13-/m1/s1. The van der Waals surface area contributed by atoms with Gasteiger partial charge in [0.15, 0.2) is 0 Å². The van der Waals surface area contributed by atoms with Crippen LogP contribution in [0.5, 0.6) is 0 Å². The van der Waals surface area contributed by atoms with Gasteiger partial charge in [-0.05, 0) is 43.4 Å². The molecule has 3 nitrogen and oxygen atoms in total. The Morgan fingerprint density at radius 2 is 1.67 bits per heavy atom. The first-order valence-corrected chi connectivity index (χ1v) is 7.63. The van der Waals surface area contributed by atoms with E-state index in [4.69, 9.17) is 0 Å². The van der Waals surface area contributed by atoms with Crippen LogP contribution in [-0.2, 0) is 4.79 Å². The fraction of sp³-hybridized carbons (Fsp3) is 0.933. The van der Waals surface area contributed by atoms with Gasteiger partial charge in [0.05, 0.1) is 5.92 Å². The van der Waals surface area contributed by atoms with E-state index in [-0.39, 0.29) is 5.92 Å². The van der Waals surface area contributed by atoms with Crippen molar-refractivity contribution in [3.8, 4) is 0 Å². The molecule has 1 saturated heterocycles. The molecule has 0 spiro atoms. The molecule has 0 unspecified atom stereocenters. The van der Waals surface area contributed by atoms with Crippen LogP contribution in [0.3, 0.4) is 0 Å². The van der Waals surface area contributed by atoms with Crippen LogP contribution in [0.15, 0.2) is 0 Å². The van der Waals surface area contributed by atoms with Gasteiger partial charge in [-0.15, -0.1) is 0 Å². The van der Waals surface area contributed by atoms with Gasteiger partial charge in [-0.2, -0.15) is 0 Å². The second-order valence-electron chi connectivity index (χ2n) is 6.75. The molecule has 3 heteroatoms. The summed E-state index contributed by atoms with van der Waals surface area (Å²) in [5.74, 6) is 1.34. The zero-order chi connectivity index (χ0) is 12.7. The molecule has 3 rings (SSSR count). The number of carboxylic acid groups (broad SMARTS) is 1. The van der Waals surface area contributed by atoms with Crippen molar-refractivity contribution in [2.75, 3.05) is 13.1 Å². The fourth-order valence-corrected chi connectivity index (χ4v) is 4.11. The first kappa shape index (κ1) is 12.5. The smallest absolute Gasteiger partial charge is 0.308 e. The molecule has 0 radical (unpaired) electrons. The Bertz CT molecular complexity index is 308. The third kappa shape index (κ3) is 2.07. The number of nitrogens with zero attached hydrogens (tertiary/aromatic N) is 1. The van der Waals surface area contributed by atoms with Gasteiger partial charge >= 0.3 is 5.97 Å². The number of likely N-dealkylation sites (tertiary alicyclic amines) is 1. The largest absolute Gasteiger partial charge is 0.481 e. The number of carbonyl (C=O) groups is 1. The summed E-state index contributed by atoms with van der Waals surface area (Å²) < 4.78 is 0. The molecule has 1 N–H and O–H groups in total. The van der Waals surface area contributed by atoms with Crippen LogP contribution >= 0.6 is 0 Å². The highest BCUT2D eigenvalue weighted by atomic mass is 16.4. The van der Waals surface area contributed by atoms with Gasteiger partial charge in [-0.1, -0.05) is 19.8 Å². The van der Waals surface area contributed by atoms with Crippen molar-refractivity contribution in [1.29, 1.82) is 0 Å². The van der Waals surface area contributed by atoms with Gasteiger partial charge in [0.1, 0.15) is 0 Å².